The largest absolute Gasteiger partial charge is 0.326 e. The average molecular weight is 354 g/mol. The molecule has 0 aliphatic carbocycles. The van der Waals surface area contributed by atoms with Crippen LogP contribution in [0, 0.1) is 5.92 Å². The van der Waals surface area contributed by atoms with E-state index in [0.717, 1.165) is 12.7 Å². The summed E-state index contributed by atoms with van der Waals surface area (Å²) in [5.74, 6) is 0.0912. The zero-order valence-electron chi connectivity index (χ0n) is 14.7. The van der Waals surface area contributed by atoms with Crippen LogP contribution in [-0.2, 0) is 14.8 Å². The number of nitrogens with zero attached hydrogens (tertiary/aromatic N) is 1. The molecule has 1 aromatic carbocycles. The summed E-state index contributed by atoms with van der Waals surface area (Å²) in [7, 11) is -3.33. The van der Waals surface area contributed by atoms with E-state index in [1.807, 2.05) is 13.8 Å². The molecule has 0 radical (unpaired) electrons. The summed E-state index contributed by atoms with van der Waals surface area (Å²) in [6, 6.07) is 6.59. The molecule has 1 amide bonds. The minimum atomic E-state index is -3.33. The number of carbonyl (C=O) groups excluding carboxylic acids is 2. The maximum atomic E-state index is 12.0. The number of sulfonamides is 1. The highest BCUT2D eigenvalue weighted by Crippen LogP contribution is 2.11. The number of rotatable bonds is 9. The molecule has 1 aromatic rings. The van der Waals surface area contributed by atoms with E-state index in [2.05, 4.69) is 5.32 Å². The predicted octanol–water partition coefficient (Wildman–Crippen LogP) is 2.53. The lowest BCUT2D eigenvalue weighted by atomic mass is 10.1. The van der Waals surface area contributed by atoms with Gasteiger partial charge in [0.05, 0.1) is 6.26 Å². The monoisotopic (exact) mass is 354 g/mol. The summed E-state index contributed by atoms with van der Waals surface area (Å²) in [6.45, 7) is 6.10. The highest BCUT2D eigenvalue weighted by atomic mass is 32.2. The molecule has 0 unspecified atom stereocenters. The Bertz CT molecular complexity index is 666. The van der Waals surface area contributed by atoms with Crippen molar-refractivity contribution in [3.05, 3.63) is 29.8 Å². The van der Waals surface area contributed by atoms with Crippen LogP contribution in [0.2, 0.25) is 0 Å². The number of amides is 1. The fraction of sp³-hybridized carbons (Fsp3) is 0.529. The van der Waals surface area contributed by atoms with Crippen molar-refractivity contribution in [3.8, 4) is 0 Å². The topological polar surface area (TPSA) is 83.6 Å². The molecule has 0 bridgehead atoms. The lowest BCUT2D eigenvalue weighted by Gasteiger charge is -2.20. The summed E-state index contributed by atoms with van der Waals surface area (Å²) >= 11 is 0. The molecule has 0 saturated heterocycles. The number of carbonyl (C=O) groups is 2. The van der Waals surface area contributed by atoms with Gasteiger partial charge in [0.15, 0.2) is 5.78 Å². The van der Waals surface area contributed by atoms with E-state index in [4.69, 9.17) is 0 Å². The van der Waals surface area contributed by atoms with Gasteiger partial charge in [-0.15, -0.1) is 0 Å². The molecule has 134 valence electrons. The van der Waals surface area contributed by atoms with E-state index in [9.17, 15) is 18.0 Å². The van der Waals surface area contributed by atoms with Crippen LogP contribution in [0.3, 0.4) is 0 Å². The Kier molecular flexibility index (Phi) is 7.57. The molecule has 7 heteroatoms. The second kappa shape index (κ2) is 8.94. The van der Waals surface area contributed by atoms with Gasteiger partial charge in [0.1, 0.15) is 0 Å². The molecule has 0 heterocycles. The van der Waals surface area contributed by atoms with Gasteiger partial charge in [-0.3, -0.25) is 9.59 Å². The number of anilines is 1. The first-order chi connectivity index (χ1) is 11.1. The van der Waals surface area contributed by atoms with E-state index < -0.39 is 10.0 Å². The van der Waals surface area contributed by atoms with Gasteiger partial charge >= 0.3 is 0 Å². The van der Waals surface area contributed by atoms with Crippen LogP contribution in [0.15, 0.2) is 24.3 Å². The molecule has 0 saturated carbocycles. The van der Waals surface area contributed by atoms with Gasteiger partial charge in [0, 0.05) is 30.8 Å². The normalized spacial score (nSPS) is 11.8. The Morgan fingerprint density at radius 1 is 1.12 bits per heavy atom. The summed E-state index contributed by atoms with van der Waals surface area (Å²) in [4.78, 5) is 23.2. The van der Waals surface area contributed by atoms with Gasteiger partial charge in [-0.05, 0) is 43.5 Å². The van der Waals surface area contributed by atoms with Gasteiger partial charge in [-0.25, -0.2) is 12.7 Å². The third-order valence-electron chi connectivity index (χ3n) is 3.59. The van der Waals surface area contributed by atoms with Crippen molar-refractivity contribution < 1.29 is 18.0 Å². The van der Waals surface area contributed by atoms with Crippen LogP contribution in [0.5, 0.6) is 0 Å². The van der Waals surface area contributed by atoms with E-state index >= 15 is 0 Å². The number of benzene rings is 1. The SMILES string of the molecule is CC(=O)c1ccc(NC(=O)CCN(CCC(C)C)S(C)(=O)=O)cc1. The molecular weight excluding hydrogens is 328 g/mol. The quantitative estimate of drug-likeness (QED) is 0.691. The maximum absolute atomic E-state index is 12.0. The van der Waals surface area contributed by atoms with Gasteiger partial charge in [-0.2, -0.15) is 0 Å². The smallest absolute Gasteiger partial charge is 0.225 e. The van der Waals surface area contributed by atoms with Crippen molar-refractivity contribution in [1.29, 1.82) is 0 Å². The molecule has 1 rings (SSSR count). The van der Waals surface area contributed by atoms with E-state index in [1.165, 1.54) is 11.2 Å². The molecule has 0 atom stereocenters. The third-order valence-corrected chi connectivity index (χ3v) is 4.89. The standard InChI is InChI=1S/C17H26N2O4S/c1-13(2)9-11-19(24(4,22)23)12-10-17(21)18-16-7-5-15(6-8-16)14(3)20/h5-8,13H,9-12H2,1-4H3,(H,18,21). The van der Waals surface area contributed by atoms with E-state index in [1.54, 1.807) is 24.3 Å². The Labute approximate surface area is 144 Å². The van der Waals surface area contributed by atoms with Crippen LogP contribution in [0.1, 0.15) is 44.0 Å². The fourth-order valence-electron chi connectivity index (χ4n) is 2.08. The molecule has 24 heavy (non-hydrogen) atoms. The molecule has 0 aromatic heterocycles. The van der Waals surface area contributed by atoms with E-state index in [-0.39, 0.29) is 24.7 Å². The van der Waals surface area contributed by atoms with Crippen molar-refractivity contribution in [2.75, 3.05) is 24.7 Å². The molecule has 0 fully saturated rings. The second-order valence-electron chi connectivity index (χ2n) is 6.28. The average Bonchev–Trinajstić information content (AvgIpc) is 2.45. The Morgan fingerprint density at radius 3 is 2.17 bits per heavy atom. The van der Waals surface area contributed by atoms with Gasteiger partial charge in [0.25, 0.3) is 0 Å². The minimum absolute atomic E-state index is 0.0400. The highest BCUT2D eigenvalue weighted by molar-refractivity contribution is 7.88. The molecule has 0 spiro atoms. The number of Topliss-reactive ketones (excluding diaryl/α,β-unsaturated/α-hetero) is 1. The van der Waals surface area contributed by atoms with Gasteiger partial charge < -0.3 is 5.32 Å². The first-order valence-corrected chi connectivity index (χ1v) is 9.80. The first kappa shape index (κ1) is 20.3. The van der Waals surface area contributed by atoms with Crippen LogP contribution in [0.4, 0.5) is 5.69 Å². The Balaban J connectivity index is 2.57. The van der Waals surface area contributed by atoms with Crippen molar-refractivity contribution in [1.82, 2.24) is 4.31 Å². The zero-order valence-corrected chi connectivity index (χ0v) is 15.5. The highest BCUT2D eigenvalue weighted by Gasteiger charge is 2.18. The first-order valence-electron chi connectivity index (χ1n) is 7.95. The molecule has 0 aliphatic rings. The van der Waals surface area contributed by atoms with Crippen LogP contribution in [-0.4, -0.2) is 43.8 Å². The van der Waals surface area contributed by atoms with Crippen molar-refractivity contribution >= 4 is 27.4 Å². The minimum Gasteiger partial charge on any atom is -0.326 e. The molecular formula is C17H26N2O4S. The lowest BCUT2D eigenvalue weighted by Crippen LogP contribution is -2.34. The third kappa shape index (κ3) is 7.23. The van der Waals surface area contributed by atoms with Crippen LogP contribution in [0.25, 0.3) is 0 Å². The number of ketones is 1. The number of hydrogen-bond donors (Lipinski definition) is 1. The second-order valence-corrected chi connectivity index (χ2v) is 8.26. The van der Waals surface area contributed by atoms with Crippen LogP contribution < -0.4 is 5.32 Å². The summed E-state index contributed by atoms with van der Waals surface area (Å²) < 4.78 is 24.9. The zero-order chi connectivity index (χ0) is 18.3. The number of nitrogens with one attached hydrogen (secondary N) is 1. The van der Waals surface area contributed by atoms with Crippen molar-refractivity contribution in [3.63, 3.8) is 0 Å². The molecule has 0 aliphatic heterocycles. The van der Waals surface area contributed by atoms with Gasteiger partial charge in [0.2, 0.25) is 15.9 Å². The van der Waals surface area contributed by atoms with Crippen LogP contribution >= 0.6 is 0 Å². The number of hydrogen-bond acceptors (Lipinski definition) is 4. The molecule has 6 nitrogen and oxygen atoms in total. The van der Waals surface area contributed by atoms with Gasteiger partial charge in [-0.1, -0.05) is 13.8 Å². The summed E-state index contributed by atoms with van der Waals surface area (Å²) in [5, 5.41) is 2.71. The lowest BCUT2D eigenvalue weighted by molar-refractivity contribution is -0.116. The Hall–Kier alpha value is -1.73. The van der Waals surface area contributed by atoms with Crippen molar-refractivity contribution in [2.45, 2.75) is 33.6 Å². The van der Waals surface area contributed by atoms with Crippen molar-refractivity contribution in [2.24, 2.45) is 5.92 Å². The predicted molar refractivity (Wildman–Crippen MR) is 95.6 cm³/mol. The fourth-order valence-corrected chi connectivity index (χ4v) is 2.94. The summed E-state index contributed by atoms with van der Waals surface area (Å²) in [6.07, 6.45) is 1.99. The summed E-state index contributed by atoms with van der Waals surface area (Å²) in [5.41, 5.74) is 1.16. The molecule has 1 N–H and O–H groups in total. The van der Waals surface area contributed by atoms with E-state index in [0.29, 0.717) is 23.7 Å². The maximum Gasteiger partial charge on any atom is 0.225 e. The Morgan fingerprint density at radius 2 is 1.71 bits per heavy atom.